The highest BCUT2D eigenvalue weighted by atomic mass is 127. The maximum absolute atomic E-state index is 6.20. The van der Waals surface area contributed by atoms with Gasteiger partial charge in [-0.2, -0.15) is 0 Å². The third-order valence-electron chi connectivity index (χ3n) is 3.73. The largest absolute Gasteiger partial charge is 0.357 e. The molecular weight excluding hydrogens is 461 g/mol. The standard InChI is InChI=1S/C19H28ClN5.HI/c1-4-21-19(23-10-9-16-7-5-6-8-17(16)20)24-13-18-22-11-12-25(18)14-15(2)3;/h5-8,11-12,15H,4,9-10,13-14H2,1-3H3,(H2,21,23,24);1H. The van der Waals surface area contributed by atoms with E-state index in [1.807, 2.05) is 30.6 Å². The van der Waals surface area contributed by atoms with Crippen LogP contribution in [-0.4, -0.2) is 28.6 Å². The van der Waals surface area contributed by atoms with Crippen molar-refractivity contribution in [1.82, 2.24) is 20.2 Å². The van der Waals surface area contributed by atoms with Gasteiger partial charge in [0.05, 0.1) is 0 Å². The van der Waals surface area contributed by atoms with Crippen molar-refractivity contribution in [2.45, 2.75) is 40.3 Å². The summed E-state index contributed by atoms with van der Waals surface area (Å²) in [5.41, 5.74) is 1.14. The van der Waals surface area contributed by atoms with Crippen LogP contribution in [0, 0.1) is 5.92 Å². The Hall–Kier alpha value is -1.28. The number of hydrogen-bond acceptors (Lipinski definition) is 2. The van der Waals surface area contributed by atoms with Gasteiger partial charge in [-0.3, -0.25) is 0 Å². The smallest absolute Gasteiger partial charge is 0.191 e. The summed E-state index contributed by atoms with van der Waals surface area (Å²) < 4.78 is 2.17. The number of nitrogens with zero attached hydrogens (tertiary/aromatic N) is 3. The van der Waals surface area contributed by atoms with E-state index in [1.165, 1.54) is 0 Å². The van der Waals surface area contributed by atoms with E-state index in [0.29, 0.717) is 12.5 Å². The lowest BCUT2D eigenvalue weighted by atomic mass is 10.1. The van der Waals surface area contributed by atoms with Crippen LogP contribution in [-0.2, 0) is 19.5 Å². The molecule has 7 heteroatoms. The van der Waals surface area contributed by atoms with Crippen LogP contribution >= 0.6 is 35.6 Å². The van der Waals surface area contributed by atoms with Crippen LogP contribution in [0.15, 0.2) is 41.7 Å². The Morgan fingerprint density at radius 2 is 2.04 bits per heavy atom. The zero-order valence-corrected chi connectivity index (χ0v) is 18.8. The number of nitrogens with one attached hydrogen (secondary N) is 2. The Kier molecular flexibility index (Phi) is 10.7. The van der Waals surface area contributed by atoms with Gasteiger partial charge in [0, 0.05) is 37.1 Å². The molecule has 144 valence electrons. The van der Waals surface area contributed by atoms with Gasteiger partial charge in [-0.15, -0.1) is 24.0 Å². The molecule has 26 heavy (non-hydrogen) atoms. The first-order chi connectivity index (χ1) is 12.1. The summed E-state index contributed by atoms with van der Waals surface area (Å²) in [5, 5.41) is 7.44. The molecule has 0 amide bonds. The summed E-state index contributed by atoms with van der Waals surface area (Å²) in [5.74, 6) is 2.37. The van der Waals surface area contributed by atoms with Crippen LogP contribution in [0.5, 0.6) is 0 Å². The molecule has 2 rings (SSSR count). The predicted molar refractivity (Wildman–Crippen MR) is 120 cm³/mol. The fraction of sp³-hybridized carbons (Fsp3) is 0.474. The maximum atomic E-state index is 6.20. The molecule has 5 nitrogen and oxygen atoms in total. The van der Waals surface area contributed by atoms with Crippen molar-refractivity contribution in [3.63, 3.8) is 0 Å². The first kappa shape index (κ1) is 22.8. The molecule has 2 N–H and O–H groups in total. The van der Waals surface area contributed by atoms with E-state index in [4.69, 9.17) is 11.6 Å². The summed E-state index contributed by atoms with van der Waals surface area (Å²) in [4.78, 5) is 9.08. The van der Waals surface area contributed by atoms with Crippen LogP contribution in [0.3, 0.4) is 0 Å². The molecule has 0 bridgehead atoms. The van der Waals surface area contributed by atoms with Crippen LogP contribution in [0.1, 0.15) is 32.2 Å². The lowest BCUT2D eigenvalue weighted by Gasteiger charge is -2.13. The van der Waals surface area contributed by atoms with Crippen molar-refractivity contribution in [2.75, 3.05) is 13.1 Å². The summed E-state index contributed by atoms with van der Waals surface area (Å²) in [6.07, 6.45) is 4.71. The minimum absolute atomic E-state index is 0. The van der Waals surface area contributed by atoms with Crippen LogP contribution in [0.4, 0.5) is 0 Å². The highest BCUT2D eigenvalue weighted by molar-refractivity contribution is 14.0. The van der Waals surface area contributed by atoms with Gasteiger partial charge in [-0.05, 0) is 30.9 Å². The molecule has 1 aromatic carbocycles. The monoisotopic (exact) mass is 489 g/mol. The van der Waals surface area contributed by atoms with Gasteiger partial charge in [0.2, 0.25) is 0 Å². The molecule has 0 saturated heterocycles. The molecule has 0 unspecified atom stereocenters. The van der Waals surface area contributed by atoms with Crippen molar-refractivity contribution < 1.29 is 0 Å². The highest BCUT2D eigenvalue weighted by Crippen LogP contribution is 2.14. The van der Waals surface area contributed by atoms with Gasteiger partial charge >= 0.3 is 0 Å². The van der Waals surface area contributed by atoms with E-state index in [9.17, 15) is 0 Å². The van der Waals surface area contributed by atoms with Crippen molar-refractivity contribution in [3.05, 3.63) is 53.1 Å². The third-order valence-corrected chi connectivity index (χ3v) is 4.10. The Morgan fingerprint density at radius 3 is 2.73 bits per heavy atom. The van der Waals surface area contributed by atoms with E-state index < -0.39 is 0 Å². The quantitative estimate of drug-likeness (QED) is 0.333. The van der Waals surface area contributed by atoms with Gasteiger partial charge in [-0.1, -0.05) is 43.6 Å². The minimum atomic E-state index is 0. The van der Waals surface area contributed by atoms with E-state index in [2.05, 4.69) is 52.0 Å². The molecule has 0 atom stereocenters. The molecule has 0 aliphatic carbocycles. The first-order valence-corrected chi connectivity index (χ1v) is 9.23. The highest BCUT2D eigenvalue weighted by Gasteiger charge is 2.05. The maximum Gasteiger partial charge on any atom is 0.191 e. The van der Waals surface area contributed by atoms with Crippen molar-refractivity contribution in [3.8, 4) is 0 Å². The topological polar surface area (TPSA) is 54.2 Å². The van der Waals surface area contributed by atoms with Gasteiger partial charge in [0.1, 0.15) is 12.4 Å². The molecule has 1 aromatic heterocycles. The predicted octanol–water partition coefficient (Wildman–Crippen LogP) is 4.11. The third kappa shape index (κ3) is 7.53. The summed E-state index contributed by atoms with van der Waals surface area (Å²) in [6, 6.07) is 7.93. The molecular formula is C19H29ClIN5. The number of aliphatic imine (C=N–C) groups is 1. The molecule has 0 spiro atoms. The Morgan fingerprint density at radius 1 is 1.27 bits per heavy atom. The molecule has 0 saturated carbocycles. The summed E-state index contributed by atoms with van der Waals surface area (Å²) in [6.45, 7) is 9.57. The average molecular weight is 490 g/mol. The van der Waals surface area contributed by atoms with E-state index in [-0.39, 0.29) is 24.0 Å². The fourth-order valence-electron chi connectivity index (χ4n) is 2.56. The first-order valence-electron chi connectivity index (χ1n) is 8.85. The van der Waals surface area contributed by atoms with Gasteiger partial charge in [-0.25, -0.2) is 9.98 Å². The van der Waals surface area contributed by atoms with E-state index >= 15 is 0 Å². The molecule has 0 aliphatic heterocycles. The number of imidazole rings is 1. The Labute approximate surface area is 178 Å². The van der Waals surface area contributed by atoms with Crippen LogP contribution in [0.2, 0.25) is 5.02 Å². The average Bonchev–Trinajstić information content (AvgIpc) is 3.00. The van der Waals surface area contributed by atoms with E-state index in [1.54, 1.807) is 0 Å². The van der Waals surface area contributed by atoms with Gasteiger partial charge in [0.25, 0.3) is 0 Å². The minimum Gasteiger partial charge on any atom is -0.357 e. The number of rotatable bonds is 8. The fourth-order valence-corrected chi connectivity index (χ4v) is 2.79. The van der Waals surface area contributed by atoms with E-state index in [0.717, 1.165) is 48.4 Å². The number of halogens is 2. The van der Waals surface area contributed by atoms with Crippen molar-refractivity contribution >= 4 is 41.5 Å². The molecule has 0 fully saturated rings. The van der Waals surface area contributed by atoms with Crippen LogP contribution < -0.4 is 10.6 Å². The second-order valence-electron chi connectivity index (χ2n) is 6.35. The SMILES string of the molecule is CCNC(=NCc1nccn1CC(C)C)NCCc1ccccc1Cl.I. The van der Waals surface area contributed by atoms with Crippen molar-refractivity contribution in [2.24, 2.45) is 10.9 Å². The number of hydrogen-bond donors (Lipinski definition) is 2. The molecule has 2 aromatic rings. The molecule has 0 radical (unpaired) electrons. The number of guanidine groups is 1. The van der Waals surface area contributed by atoms with Gasteiger partial charge < -0.3 is 15.2 Å². The lowest BCUT2D eigenvalue weighted by molar-refractivity contribution is 0.507. The summed E-state index contributed by atoms with van der Waals surface area (Å²) in [7, 11) is 0. The zero-order chi connectivity index (χ0) is 18.1. The normalized spacial score (nSPS) is 11.3. The van der Waals surface area contributed by atoms with Gasteiger partial charge in [0.15, 0.2) is 5.96 Å². The number of benzene rings is 1. The second kappa shape index (κ2) is 12.2. The molecule has 0 aliphatic rings. The number of aromatic nitrogens is 2. The molecule has 1 heterocycles. The van der Waals surface area contributed by atoms with Crippen LogP contribution in [0.25, 0.3) is 0 Å². The summed E-state index contributed by atoms with van der Waals surface area (Å²) >= 11 is 6.20. The zero-order valence-electron chi connectivity index (χ0n) is 15.7. The Balaban J connectivity index is 0.00000338. The van der Waals surface area contributed by atoms with Crippen molar-refractivity contribution in [1.29, 1.82) is 0 Å². The lowest BCUT2D eigenvalue weighted by Crippen LogP contribution is -2.38. The Bertz CT molecular complexity index is 684. The second-order valence-corrected chi connectivity index (χ2v) is 6.76.